The van der Waals surface area contributed by atoms with E-state index in [2.05, 4.69) is 10.0 Å². The maximum atomic E-state index is 13.4. The third kappa shape index (κ3) is 5.47. The summed E-state index contributed by atoms with van der Waals surface area (Å²) in [7, 11) is -3.89. The molecular weight excluding hydrogens is 466 g/mol. The van der Waals surface area contributed by atoms with Crippen LogP contribution in [-0.2, 0) is 14.8 Å². The van der Waals surface area contributed by atoms with E-state index >= 15 is 0 Å². The van der Waals surface area contributed by atoms with E-state index < -0.39 is 22.2 Å². The highest BCUT2D eigenvalue weighted by atomic mass is 32.2. The molecule has 3 aromatic carbocycles. The van der Waals surface area contributed by atoms with Crippen LogP contribution in [0.3, 0.4) is 0 Å². The molecule has 1 unspecified atom stereocenters. The lowest BCUT2D eigenvalue weighted by atomic mass is 10.1. The number of anilines is 1. The molecule has 35 heavy (non-hydrogen) atoms. The number of hydrogen-bond donors (Lipinski definition) is 2. The van der Waals surface area contributed by atoms with Crippen LogP contribution < -0.4 is 10.0 Å². The maximum Gasteiger partial charge on any atom is 0.409 e. The van der Waals surface area contributed by atoms with E-state index in [0.29, 0.717) is 41.4 Å². The van der Waals surface area contributed by atoms with Crippen LogP contribution in [0.15, 0.2) is 65.6 Å². The van der Waals surface area contributed by atoms with Crippen LogP contribution >= 0.6 is 0 Å². The number of ether oxygens (including phenoxy) is 1. The summed E-state index contributed by atoms with van der Waals surface area (Å²) >= 11 is 0. The number of rotatable bonds is 6. The molecular formula is C26H29N3O5S. The van der Waals surface area contributed by atoms with Crippen molar-refractivity contribution in [3.63, 3.8) is 0 Å². The Balaban J connectivity index is 1.60. The SMILES string of the molecule is CCOC(=O)N1CCCC(NS(=O)(=O)c2ccc(NC(=O)c3ccccc3C)c3ccccc23)C1. The average molecular weight is 496 g/mol. The van der Waals surface area contributed by atoms with Crippen LogP contribution in [-0.4, -0.2) is 51.1 Å². The molecule has 184 valence electrons. The Hall–Kier alpha value is -3.43. The zero-order chi connectivity index (χ0) is 25.0. The predicted molar refractivity (Wildman–Crippen MR) is 135 cm³/mol. The van der Waals surface area contributed by atoms with Crippen molar-refractivity contribution in [3.8, 4) is 0 Å². The van der Waals surface area contributed by atoms with Crippen LogP contribution in [0.1, 0.15) is 35.7 Å². The number of sulfonamides is 1. The Kier molecular flexibility index (Phi) is 7.37. The van der Waals surface area contributed by atoms with E-state index in [4.69, 9.17) is 4.74 Å². The molecule has 0 spiro atoms. The number of benzene rings is 3. The largest absolute Gasteiger partial charge is 0.450 e. The van der Waals surface area contributed by atoms with Crippen molar-refractivity contribution in [1.29, 1.82) is 0 Å². The average Bonchev–Trinajstić information content (AvgIpc) is 2.84. The van der Waals surface area contributed by atoms with Gasteiger partial charge < -0.3 is 15.0 Å². The van der Waals surface area contributed by atoms with E-state index in [-0.39, 0.29) is 24.0 Å². The van der Waals surface area contributed by atoms with Crippen molar-refractivity contribution < 1.29 is 22.7 Å². The number of nitrogens with zero attached hydrogens (tertiary/aromatic N) is 1. The molecule has 0 saturated carbocycles. The Morgan fingerprint density at radius 3 is 2.49 bits per heavy atom. The number of aryl methyl sites for hydroxylation is 1. The fourth-order valence-electron chi connectivity index (χ4n) is 4.37. The van der Waals surface area contributed by atoms with Gasteiger partial charge in [0.15, 0.2) is 0 Å². The summed E-state index contributed by atoms with van der Waals surface area (Å²) in [4.78, 5) is 26.6. The number of carbonyl (C=O) groups excluding carboxylic acids is 2. The Bertz CT molecular complexity index is 1360. The van der Waals surface area contributed by atoms with Gasteiger partial charge in [-0.05, 0) is 50.5 Å². The van der Waals surface area contributed by atoms with Crippen LogP contribution in [0.5, 0.6) is 0 Å². The summed E-state index contributed by atoms with van der Waals surface area (Å²) < 4.78 is 34.6. The number of nitrogens with one attached hydrogen (secondary N) is 2. The summed E-state index contributed by atoms with van der Waals surface area (Å²) in [6, 6.07) is 17.0. The van der Waals surface area contributed by atoms with Crippen molar-refractivity contribution >= 4 is 38.5 Å². The van der Waals surface area contributed by atoms with Crippen LogP contribution in [0.2, 0.25) is 0 Å². The Morgan fingerprint density at radius 1 is 1.03 bits per heavy atom. The summed E-state index contributed by atoms with van der Waals surface area (Å²) in [5, 5.41) is 4.04. The second-order valence-corrected chi connectivity index (χ2v) is 10.2. The topological polar surface area (TPSA) is 105 Å². The molecule has 0 aromatic heterocycles. The zero-order valence-corrected chi connectivity index (χ0v) is 20.6. The normalized spacial score (nSPS) is 16.2. The van der Waals surface area contributed by atoms with E-state index in [1.54, 1.807) is 49.4 Å². The second-order valence-electron chi connectivity index (χ2n) is 8.53. The minimum Gasteiger partial charge on any atom is -0.450 e. The lowest BCUT2D eigenvalue weighted by molar-refractivity contribution is 0.0948. The molecule has 0 bridgehead atoms. The minimum atomic E-state index is -3.89. The molecule has 4 rings (SSSR count). The van der Waals surface area contributed by atoms with E-state index in [0.717, 1.165) is 5.56 Å². The fraction of sp³-hybridized carbons (Fsp3) is 0.308. The lowest BCUT2D eigenvalue weighted by Gasteiger charge is -2.32. The summed E-state index contributed by atoms with van der Waals surface area (Å²) in [5.74, 6) is -0.261. The first-order valence-electron chi connectivity index (χ1n) is 11.6. The van der Waals surface area contributed by atoms with Crippen LogP contribution in [0.25, 0.3) is 10.8 Å². The van der Waals surface area contributed by atoms with Gasteiger partial charge in [-0.25, -0.2) is 17.9 Å². The molecule has 1 saturated heterocycles. The monoisotopic (exact) mass is 495 g/mol. The first kappa shape index (κ1) is 24.7. The molecule has 3 aromatic rings. The van der Waals surface area contributed by atoms with Gasteiger partial charge in [0, 0.05) is 41.2 Å². The predicted octanol–water partition coefficient (Wildman–Crippen LogP) is 4.30. The number of carbonyl (C=O) groups is 2. The van der Waals surface area contributed by atoms with Gasteiger partial charge in [0.1, 0.15) is 0 Å². The molecule has 8 nitrogen and oxygen atoms in total. The highest BCUT2D eigenvalue weighted by Crippen LogP contribution is 2.30. The van der Waals surface area contributed by atoms with E-state index in [9.17, 15) is 18.0 Å². The molecule has 1 heterocycles. The van der Waals surface area contributed by atoms with Crippen molar-refractivity contribution in [1.82, 2.24) is 9.62 Å². The Morgan fingerprint density at radius 2 is 1.74 bits per heavy atom. The van der Waals surface area contributed by atoms with E-state index in [1.165, 1.54) is 11.0 Å². The van der Waals surface area contributed by atoms with Gasteiger partial charge in [0.05, 0.1) is 11.5 Å². The molecule has 0 aliphatic carbocycles. The molecule has 2 N–H and O–H groups in total. The molecule has 0 radical (unpaired) electrons. The summed E-state index contributed by atoms with van der Waals surface area (Å²) in [6.45, 7) is 4.66. The molecule has 9 heteroatoms. The first-order chi connectivity index (χ1) is 16.8. The molecule has 1 aliphatic heterocycles. The van der Waals surface area contributed by atoms with Crippen molar-refractivity contribution in [2.24, 2.45) is 0 Å². The third-order valence-corrected chi connectivity index (χ3v) is 7.66. The zero-order valence-electron chi connectivity index (χ0n) is 19.8. The highest BCUT2D eigenvalue weighted by molar-refractivity contribution is 7.89. The Labute approximate surface area is 205 Å². The van der Waals surface area contributed by atoms with Crippen molar-refractivity contribution in [2.45, 2.75) is 37.6 Å². The quantitative estimate of drug-likeness (QED) is 0.531. The molecule has 1 fully saturated rings. The van der Waals surface area contributed by atoms with E-state index in [1.807, 2.05) is 19.1 Å². The third-order valence-electron chi connectivity index (χ3n) is 6.08. The van der Waals surface area contributed by atoms with Crippen molar-refractivity contribution in [3.05, 3.63) is 71.8 Å². The van der Waals surface area contributed by atoms with Gasteiger partial charge >= 0.3 is 6.09 Å². The highest BCUT2D eigenvalue weighted by Gasteiger charge is 2.29. The van der Waals surface area contributed by atoms with Crippen LogP contribution in [0, 0.1) is 6.92 Å². The minimum absolute atomic E-state index is 0.121. The molecule has 2 amide bonds. The lowest BCUT2D eigenvalue weighted by Crippen LogP contribution is -2.49. The first-order valence-corrected chi connectivity index (χ1v) is 13.1. The maximum absolute atomic E-state index is 13.4. The van der Waals surface area contributed by atoms with Gasteiger partial charge in [0.25, 0.3) is 5.91 Å². The molecule has 1 aliphatic rings. The molecule has 1 atom stereocenters. The van der Waals surface area contributed by atoms with Crippen molar-refractivity contribution in [2.75, 3.05) is 25.0 Å². The second kappa shape index (κ2) is 10.5. The summed E-state index contributed by atoms with van der Waals surface area (Å²) in [5.41, 5.74) is 1.93. The number of amides is 2. The smallest absolute Gasteiger partial charge is 0.409 e. The van der Waals surface area contributed by atoms with Crippen LogP contribution in [0.4, 0.5) is 10.5 Å². The van der Waals surface area contributed by atoms with Gasteiger partial charge in [-0.2, -0.15) is 0 Å². The van der Waals surface area contributed by atoms with Gasteiger partial charge in [-0.15, -0.1) is 0 Å². The number of hydrogen-bond acceptors (Lipinski definition) is 5. The van der Waals surface area contributed by atoms with Gasteiger partial charge in [-0.3, -0.25) is 4.79 Å². The summed E-state index contributed by atoms with van der Waals surface area (Å²) in [6.07, 6.45) is 0.865. The fourth-order valence-corrected chi connectivity index (χ4v) is 5.84. The standard InChI is InChI=1S/C26H29N3O5S/c1-3-34-26(31)29-16-8-10-19(17-29)28-35(32,33)24-15-14-23(21-12-6-7-13-22(21)24)27-25(30)20-11-5-4-9-18(20)2/h4-7,9,11-15,19,28H,3,8,10,16-17H2,1-2H3,(H,27,30). The number of fused-ring (bicyclic) bond motifs is 1. The number of piperidine rings is 1. The van der Waals surface area contributed by atoms with Gasteiger partial charge in [0.2, 0.25) is 10.0 Å². The number of likely N-dealkylation sites (tertiary alicyclic amines) is 1. The van der Waals surface area contributed by atoms with Gasteiger partial charge in [-0.1, -0.05) is 42.5 Å².